The van der Waals surface area contributed by atoms with Crippen LogP contribution in [0.5, 0.6) is 0 Å². The summed E-state index contributed by atoms with van der Waals surface area (Å²) in [5, 5.41) is 10.4. The van der Waals surface area contributed by atoms with Crippen molar-refractivity contribution in [3.8, 4) is 0 Å². The van der Waals surface area contributed by atoms with Crippen molar-refractivity contribution in [1.29, 1.82) is 0 Å². The number of hydrogen-bond acceptors (Lipinski definition) is 3. The van der Waals surface area contributed by atoms with Gasteiger partial charge >= 0.3 is 0 Å². The predicted molar refractivity (Wildman–Crippen MR) is 56.7 cm³/mol. The molecule has 2 nitrogen and oxygen atoms in total. The minimum atomic E-state index is -0.660. The summed E-state index contributed by atoms with van der Waals surface area (Å²) < 4.78 is 0.799. The van der Waals surface area contributed by atoms with Crippen molar-refractivity contribution in [3.05, 3.63) is 15.0 Å². The van der Waals surface area contributed by atoms with E-state index >= 15 is 0 Å². The number of rotatable bonds is 1. The number of hydrogen-bond donors (Lipinski definition) is 1. The Morgan fingerprint density at radius 3 is 2.54 bits per heavy atom. The molecular weight excluding hydrogens is 250 g/mol. The van der Waals surface area contributed by atoms with Crippen molar-refractivity contribution in [3.63, 3.8) is 0 Å². The molecule has 0 spiro atoms. The first-order valence-electron chi connectivity index (χ1n) is 4.29. The fourth-order valence-electron chi connectivity index (χ4n) is 1.78. The Morgan fingerprint density at radius 2 is 2.23 bits per heavy atom. The number of halogens is 1. The molecule has 1 heterocycles. The monoisotopic (exact) mass is 261 g/mol. The second kappa shape index (κ2) is 2.78. The lowest BCUT2D eigenvalue weighted by molar-refractivity contribution is -0.154. The third-order valence-corrected chi connectivity index (χ3v) is 4.97. The van der Waals surface area contributed by atoms with E-state index in [1.165, 1.54) is 11.3 Å². The van der Waals surface area contributed by atoms with Crippen molar-refractivity contribution < 1.29 is 5.11 Å². The van der Waals surface area contributed by atoms with Crippen LogP contribution in [0.25, 0.3) is 0 Å². The number of aromatic nitrogens is 1. The van der Waals surface area contributed by atoms with Crippen LogP contribution >= 0.6 is 27.3 Å². The summed E-state index contributed by atoms with van der Waals surface area (Å²) >= 11 is 4.89. The molecule has 1 N–H and O–H groups in total. The molecule has 0 bridgehead atoms. The molecule has 1 atom stereocenters. The highest BCUT2D eigenvalue weighted by atomic mass is 79.9. The molecule has 1 unspecified atom stereocenters. The van der Waals surface area contributed by atoms with Crippen molar-refractivity contribution in [1.82, 2.24) is 4.98 Å². The minimum Gasteiger partial charge on any atom is -0.384 e. The van der Waals surface area contributed by atoms with E-state index < -0.39 is 5.60 Å². The standard InChI is InChI=1S/C9H12BrNOS/c1-8(2)3-4-9(8,12)6-7(10)11-5-13-6/h5,12H,3-4H2,1-2H3. The summed E-state index contributed by atoms with van der Waals surface area (Å²) in [6.45, 7) is 4.20. The Morgan fingerprint density at radius 1 is 1.54 bits per heavy atom. The number of aliphatic hydroxyl groups is 1. The number of nitrogens with zero attached hydrogens (tertiary/aromatic N) is 1. The average molecular weight is 262 g/mol. The Kier molecular flexibility index (Phi) is 2.06. The average Bonchev–Trinajstić information content (AvgIpc) is 2.48. The van der Waals surface area contributed by atoms with Gasteiger partial charge in [0, 0.05) is 0 Å². The molecule has 0 aliphatic heterocycles. The molecule has 2 rings (SSSR count). The van der Waals surface area contributed by atoms with Gasteiger partial charge in [-0.3, -0.25) is 0 Å². The van der Waals surface area contributed by atoms with E-state index in [1.54, 1.807) is 5.51 Å². The maximum absolute atomic E-state index is 10.4. The van der Waals surface area contributed by atoms with E-state index in [0.717, 1.165) is 22.3 Å². The fraction of sp³-hybridized carbons (Fsp3) is 0.667. The lowest BCUT2D eigenvalue weighted by atomic mass is 9.58. The first-order valence-corrected chi connectivity index (χ1v) is 5.96. The zero-order chi connectivity index (χ0) is 9.69. The van der Waals surface area contributed by atoms with E-state index in [1.807, 2.05) is 0 Å². The van der Waals surface area contributed by atoms with E-state index in [2.05, 4.69) is 34.8 Å². The van der Waals surface area contributed by atoms with Gasteiger partial charge in [-0.1, -0.05) is 13.8 Å². The van der Waals surface area contributed by atoms with Crippen LogP contribution in [-0.4, -0.2) is 10.1 Å². The lowest BCUT2D eigenvalue weighted by Gasteiger charge is -2.52. The first kappa shape index (κ1) is 9.62. The maximum atomic E-state index is 10.4. The molecule has 0 amide bonds. The van der Waals surface area contributed by atoms with Gasteiger partial charge < -0.3 is 5.11 Å². The van der Waals surface area contributed by atoms with Crippen molar-refractivity contribution in [2.75, 3.05) is 0 Å². The van der Waals surface area contributed by atoms with Gasteiger partial charge in [0.25, 0.3) is 0 Å². The molecule has 0 saturated heterocycles. The van der Waals surface area contributed by atoms with Crippen LogP contribution in [0, 0.1) is 5.41 Å². The zero-order valence-electron chi connectivity index (χ0n) is 7.67. The zero-order valence-corrected chi connectivity index (χ0v) is 10.1. The highest BCUT2D eigenvalue weighted by Gasteiger charge is 2.54. The minimum absolute atomic E-state index is 0.0119. The summed E-state index contributed by atoms with van der Waals surface area (Å²) in [4.78, 5) is 5.08. The molecule has 13 heavy (non-hydrogen) atoms. The summed E-state index contributed by atoms with van der Waals surface area (Å²) in [5.74, 6) is 0. The molecule has 1 aromatic heterocycles. The lowest BCUT2D eigenvalue weighted by Crippen LogP contribution is -2.50. The molecule has 1 aliphatic carbocycles. The SMILES string of the molecule is CC1(C)CCC1(O)c1scnc1Br. The predicted octanol–water partition coefficient (Wildman–Crippen LogP) is 2.91. The maximum Gasteiger partial charge on any atom is 0.123 e. The summed E-state index contributed by atoms with van der Waals surface area (Å²) in [5.41, 5.74) is 1.10. The first-order chi connectivity index (χ1) is 5.97. The van der Waals surface area contributed by atoms with Crippen LogP contribution in [0.4, 0.5) is 0 Å². The molecule has 4 heteroatoms. The quantitative estimate of drug-likeness (QED) is 0.844. The third kappa shape index (κ3) is 1.19. The van der Waals surface area contributed by atoms with Crippen LogP contribution in [0.15, 0.2) is 10.1 Å². The molecule has 0 aromatic carbocycles. The highest BCUT2D eigenvalue weighted by Crippen LogP contribution is 2.57. The highest BCUT2D eigenvalue weighted by molar-refractivity contribution is 9.10. The second-order valence-electron chi connectivity index (χ2n) is 4.22. The molecule has 0 radical (unpaired) electrons. The largest absolute Gasteiger partial charge is 0.384 e. The van der Waals surface area contributed by atoms with Crippen LogP contribution in [0.3, 0.4) is 0 Å². The van der Waals surface area contributed by atoms with Gasteiger partial charge in [0.05, 0.1) is 10.4 Å². The van der Waals surface area contributed by atoms with Crippen molar-refractivity contribution in [2.45, 2.75) is 32.3 Å². The molecule has 1 aliphatic rings. The normalized spacial score (nSPS) is 31.4. The Labute approximate surface area is 90.1 Å². The van der Waals surface area contributed by atoms with Gasteiger partial charge in [-0.05, 0) is 34.2 Å². The van der Waals surface area contributed by atoms with Crippen LogP contribution in [0.2, 0.25) is 0 Å². The van der Waals surface area contributed by atoms with Gasteiger partial charge in [-0.25, -0.2) is 4.98 Å². The molecule has 72 valence electrons. The van der Waals surface area contributed by atoms with Crippen molar-refractivity contribution in [2.24, 2.45) is 5.41 Å². The van der Waals surface area contributed by atoms with Gasteiger partial charge in [0.2, 0.25) is 0 Å². The molecule has 1 aromatic rings. The van der Waals surface area contributed by atoms with Gasteiger partial charge in [-0.2, -0.15) is 0 Å². The van der Waals surface area contributed by atoms with Crippen LogP contribution in [-0.2, 0) is 5.60 Å². The molecule has 1 fully saturated rings. The smallest absolute Gasteiger partial charge is 0.123 e. The van der Waals surface area contributed by atoms with E-state index in [0.29, 0.717) is 0 Å². The summed E-state index contributed by atoms with van der Waals surface area (Å²) in [7, 11) is 0. The fourth-order valence-corrected chi connectivity index (χ4v) is 3.62. The Bertz CT molecular complexity index is 336. The van der Waals surface area contributed by atoms with Gasteiger partial charge in [-0.15, -0.1) is 11.3 Å². The van der Waals surface area contributed by atoms with E-state index in [9.17, 15) is 5.11 Å². The molecule has 1 saturated carbocycles. The Hall–Kier alpha value is 0.0700. The van der Waals surface area contributed by atoms with E-state index in [4.69, 9.17) is 0 Å². The summed E-state index contributed by atoms with van der Waals surface area (Å²) in [6, 6.07) is 0. The summed E-state index contributed by atoms with van der Waals surface area (Å²) in [6.07, 6.45) is 1.93. The van der Waals surface area contributed by atoms with Gasteiger partial charge in [0.15, 0.2) is 0 Å². The topological polar surface area (TPSA) is 33.1 Å². The van der Waals surface area contributed by atoms with Crippen LogP contribution < -0.4 is 0 Å². The van der Waals surface area contributed by atoms with Crippen LogP contribution in [0.1, 0.15) is 31.6 Å². The van der Waals surface area contributed by atoms with Crippen molar-refractivity contribution >= 4 is 27.3 Å². The Balaban J connectivity index is 2.42. The second-order valence-corrected chi connectivity index (χ2v) is 5.82. The number of thiazole rings is 1. The van der Waals surface area contributed by atoms with E-state index in [-0.39, 0.29) is 5.41 Å². The van der Waals surface area contributed by atoms with Gasteiger partial charge in [0.1, 0.15) is 10.2 Å². The molecular formula is C9H12BrNOS. The third-order valence-electron chi connectivity index (χ3n) is 3.13.